The van der Waals surface area contributed by atoms with Crippen LogP contribution in [0.15, 0.2) is 54.6 Å². The number of hydrogen-bond donors (Lipinski definition) is 2. The van der Waals surface area contributed by atoms with Crippen molar-refractivity contribution in [3.8, 4) is 0 Å². The van der Waals surface area contributed by atoms with Crippen molar-refractivity contribution in [2.45, 2.75) is 45.2 Å². The molecule has 122 valence electrons. The highest BCUT2D eigenvalue weighted by Crippen LogP contribution is 2.22. The first-order valence-electron chi connectivity index (χ1n) is 8.03. The number of nitrogens with one attached hydrogen (secondary N) is 1. The first kappa shape index (κ1) is 17.2. The molecule has 0 radical (unpaired) electrons. The van der Waals surface area contributed by atoms with Gasteiger partial charge in [0.1, 0.15) is 0 Å². The summed E-state index contributed by atoms with van der Waals surface area (Å²) in [6.07, 6.45) is 0.296. The van der Waals surface area contributed by atoms with E-state index in [-0.39, 0.29) is 17.4 Å². The quantitative estimate of drug-likeness (QED) is 0.885. The predicted molar refractivity (Wildman–Crippen MR) is 95.0 cm³/mol. The van der Waals surface area contributed by atoms with Crippen LogP contribution in [0.1, 0.15) is 49.9 Å². The Kier molecular flexibility index (Phi) is 5.56. The second-order valence-corrected chi connectivity index (χ2v) is 6.94. The molecule has 0 aliphatic heterocycles. The Labute approximate surface area is 138 Å². The average molecular weight is 310 g/mol. The Morgan fingerprint density at radius 1 is 1.04 bits per heavy atom. The molecule has 1 atom stereocenters. The Bertz CT molecular complexity index is 627. The van der Waals surface area contributed by atoms with Crippen molar-refractivity contribution in [2.75, 3.05) is 0 Å². The van der Waals surface area contributed by atoms with Gasteiger partial charge in [-0.05, 0) is 22.1 Å². The molecule has 2 aromatic rings. The van der Waals surface area contributed by atoms with E-state index in [9.17, 15) is 4.79 Å². The molecule has 1 unspecified atom stereocenters. The summed E-state index contributed by atoms with van der Waals surface area (Å²) in [4.78, 5) is 12.0. The third-order valence-corrected chi connectivity index (χ3v) is 3.94. The minimum absolute atomic E-state index is 0.0266. The molecule has 0 heterocycles. The van der Waals surface area contributed by atoms with Gasteiger partial charge in [-0.3, -0.25) is 4.79 Å². The van der Waals surface area contributed by atoms with Crippen molar-refractivity contribution in [3.63, 3.8) is 0 Å². The first-order valence-corrected chi connectivity index (χ1v) is 8.03. The van der Waals surface area contributed by atoms with Crippen molar-refractivity contribution in [1.82, 2.24) is 5.32 Å². The zero-order valence-corrected chi connectivity index (χ0v) is 14.2. The van der Waals surface area contributed by atoms with Crippen LogP contribution in [0.25, 0.3) is 0 Å². The minimum atomic E-state index is -0.264. The number of rotatable bonds is 5. The number of nitrogens with two attached hydrogens (primary N) is 1. The van der Waals surface area contributed by atoms with Crippen LogP contribution in [-0.4, -0.2) is 5.91 Å². The fourth-order valence-electron chi connectivity index (χ4n) is 2.41. The SMILES string of the molecule is CC(C)(C)c1ccc(CNC(=O)CC(N)c2ccccc2)cc1. The van der Waals surface area contributed by atoms with Crippen molar-refractivity contribution in [1.29, 1.82) is 0 Å². The molecule has 3 heteroatoms. The second kappa shape index (κ2) is 7.42. The molecule has 0 fully saturated rings. The molecule has 23 heavy (non-hydrogen) atoms. The molecule has 1 amide bonds. The molecule has 0 spiro atoms. The molecular weight excluding hydrogens is 284 g/mol. The number of hydrogen-bond acceptors (Lipinski definition) is 2. The highest BCUT2D eigenvalue weighted by Gasteiger charge is 2.13. The smallest absolute Gasteiger partial charge is 0.222 e. The standard InChI is InChI=1S/C20H26N2O/c1-20(2,3)17-11-9-15(10-12-17)14-22-19(23)13-18(21)16-7-5-4-6-8-16/h4-12,18H,13-14,21H2,1-3H3,(H,22,23). The molecule has 0 aliphatic rings. The Balaban J connectivity index is 1.85. The molecule has 0 aliphatic carbocycles. The van der Waals surface area contributed by atoms with Gasteiger partial charge in [0.15, 0.2) is 0 Å². The maximum Gasteiger partial charge on any atom is 0.222 e. The zero-order chi connectivity index (χ0) is 16.9. The maximum atomic E-state index is 12.0. The summed E-state index contributed by atoms with van der Waals surface area (Å²) in [5.41, 5.74) is 9.59. The Morgan fingerprint density at radius 3 is 2.22 bits per heavy atom. The Morgan fingerprint density at radius 2 is 1.65 bits per heavy atom. The molecule has 2 aromatic carbocycles. The minimum Gasteiger partial charge on any atom is -0.352 e. The Hall–Kier alpha value is -2.13. The molecule has 0 saturated carbocycles. The highest BCUT2D eigenvalue weighted by atomic mass is 16.1. The average Bonchev–Trinajstić information content (AvgIpc) is 2.53. The normalized spacial score (nSPS) is 12.7. The van der Waals surface area contributed by atoms with Gasteiger partial charge in [-0.2, -0.15) is 0 Å². The lowest BCUT2D eigenvalue weighted by Gasteiger charge is -2.19. The van der Waals surface area contributed by atoms with Gasteiger partial charge >= 0.3 is 0 Å². The summed E-state index contributed by atoms with van der Waals surface area (Å²) in [5.74, 6) is -0.0266. The van der Waals surface area contributed by atoms with Gasteiger partial charge in [0, 0.05) is 19.0 Å². The molecular formula is C20H26N2O. The zero-order valence-electron chi connectivity index (χ0n) is 14.2. The van der Waals surface area contributed by atoms with Gasteiger partial charge in [-0.15, -0.1) is 0 Å². The van der Waals surface area contributed by atoms with Crippen LogP contribution in [0.3, 0.4) is 0 Å². The van der Waals surface area contributed by atoms with Crippen molar-refractivity contribution in [2.24, 2.45) is 5.73 Å². The summed E-state index contributed by atoms with van der Waals surface area (Å²) in [5, 5.41) is 2.94. The van der Waals surface area contributed by atoms with E-state index in [0.717, 1.165) is 11.1 Å². The molecule has 3 N–H and O–H groups in total. The van der Waals surface area contributed by atoms with Crippen LogP contribution in [0.2, 0.25) is 0 Å². The van der Waals surface area contributed by atoms with Gasteiger partial charge in [-0.25, -0.2) is 0 Å². The van der Waals surface area contributed by atoms with Crippen LogP contribution >= 0.6 is 0 Å². The molecule has 2 rings (SSSR count). The summed E-state index contributed by atoms with van der Waals surface area (Å²) < 4.78 is 0. The maximum absolute atomic E-state index is 12.0. The summed E-state index contributed by atoms with van der Waals surface area (Å²) in [7, 11) is 0. The van der Waals surface area contributed by atoms with Gasteiger partial charge < -0.3 is 11.1 Å². The predicted octanol–water partition coefficient (Wildman–Crippen LogP) is 3.69. The lowest BCUT2D eigenvalue weighted by Crippen LogP contribution is -2.27. The molecule has 0 saturated heterocycles. The van der Waals surface area contributed by atoms with Crippen LogP contribution in [0.5, 0.6) is 0 Å². The van der Waals surface area contributed by atoms with Gasteiger partial charge in [0.2, 0.25) is 5.91 Å². The second-order valence-electron chi connectivity index (χ2n) is 6.94. The largest absolute Gasteiger partial charge is 0.352 e. The summed E-state index contributed by atoms with van der Waals surface area (Å²) in [6, 6.07) is 17.8. The topological polar surface area (TPSA) is 55.1 Å². The van der Waals surface area contributed by atoms with Crippen LogP contribution in [-0.2, 0) is 16.8 Å². The van der Waals surface area contributed by atoms with E-state index in [2.05, 4.69) is 50.4 Å². The summed E-state index contributed by atoms with van der Waals surface area (Å²) >= 11 is 0. The van der Waals surface area contributed by atoms with E-state index < -0.39 is 0 Å². The van der Waals surface area contributed by atoms with E-state index in [1.54, 1.807) is 0 Å². The van der Waals surface area contributed by atoms with Crippen molar-refractivity contribution < 1.29 is 4.79 Å². The van der Waals surface area contributed by atoms with E-state index in [4.69, 9.17) is 5.73 Å². The third kappa shape index (κ3) is 5.22. The van der Waals surface area contributed by atoms with Crippen LogP contribution in [0.4, 0.5) is 0 Å². The van der Waals surface area contributed by atoms with E-state index in [1.165, 1.54) is 5.56 Å². The molecule has 3 nitrogen and oxygen atoms in total. The fourth-order valence-corrected chi connectivity index (χ4v) is 2.41. The molecule has 0 bridgehead atoms. The number of carbonyl (C=O) groups excluding carboxylic acids is 1. The monoisotopic (exact) mass is 310 g/mol. The molecule has 0 aromatic heterocycles. The summed E-state index contributed by atoms with van der Waals surface area (Å²) in [6.45, 7) is 7.10. The van der Waals surface area contributed by atoms with Crippen molar-refractivity contribution >= 4 is 5.91 Å². The third-order valence-electron chi connectivity index (χ3n) is 3.94. The number of carbonyl (C=O) groups is 1. The van der Waals surface area contributed by atoms with E-state index in [0.29, 0.717) is 13.0 Å². The number of benzene rings is 2. The number of amides is 1. The highest BCUT2D eigenvalue weighted by molar-refractivity contribution is 5.76. The lowest BCUT2D eigenvalue weighted by atomic mass is 9.87. The van der Waals surface area contributed by atoms with Crippen LogP contribution in [0, 0.1) is 0 Å². The van der Waals surface area contributed by atoms with Gasteiger partial charge in [0.25, 0.3) is 0 Å². The van der Waals surface area contributed by atoms with Gasteiger partial charge in [-0.1, -0.05) is 75.4 Å². The van der Waals surface area contributed by atoms with E-state index in [1.807, 2.05) is 30.3 Å². The van der Waals surface area contributed by atoms with E-state index >= 15 is 0 Å². The van der Waals surface area contributed by atoms with Gasteiger partial charge in [0.05, 0.1) is 0 Å². The lowest BCUT2D eigenvalue weighted by molar-refractivity contribution is -0.121. The fraction of sp³-hybridized carbons (Fsp3) is 0.350. The van der Waals surface area contributed by atoms with Crippen LogP contribution < -0.4 is 11.1 Å². The first-order chi connectivity index (χ1) is 10.9. The van der Waals surface area contributed by atoms with Crippen molar-refractivity contribution in [3.05, 3.63) is 71.3 Å².